The quantitative estimate of drug-likeness (QED) is 0.396. The van der Waals surface area contributed by atoms with Crippen LogP contribution < -0.4 is 0 Å². The number of hydrogen-bond donors (Lipinski definition) is 0. The van der Waals surface area contributed by atoms with Crippen LogP contribution in [0.4, 0.5) is 0 Å². The maximum atomic E-state index is 3.25. The summed E-state index contributed by atoms with van der Waals surface area (Å²) in [7, 11) is 0. The molecule has 0 aliphatic rings. The summed E-state index contributed by atoms with van der Waals surface area (Å²) in [6, 6.07) is 10.0. The van der Waals surface area contributed by atoms with Gasteiger partial charge < -0.3 is 6.92 Å². The van der Waals surface area contributed by atoms with Gasteiger partial charge in [0, 0.05) is 0 Å². The molecule has 0 atom stereocenters. The van der Waals surface area contributed by atoms with Crippen LogP contribution in [0.2, 0.25) is 0 Å². The number of rotatable bonds is 0. The molecule has 8 heavy (non-hydrogen) atoms. The maximum Gasteiger partial charge on any atom is 2.00 e. The number of hydrogen-bond acceptors (Lipinski definition) is 0. The van der Waals surface area contributed by atoms with Gasteiger partial charge >= 0.3 is 16.5 Å². The molecule has 0 radical (unpaired) electrons. The summed E-state index contributed by atoms with van der Waals surface area (Å²) in [6.07, 6.45) is 0. The molecule has 0 aliphatic heterocycles. The average Bonchev–Trinajstić information content (AvgIpc) is 2.23. The van der Waals surface area contributed by atoms with Crippen molar-refractivity contribution in [3.63, 3.8) is 0 Å². The average molecular weight is 153 g/mol. The fourth-order valence-electron chi connectivity index (χ4n) is 0.321. The van der Waals surface area contributed by atoms with Crippen LogP contribution in [0.3, 0.4) is 0 Å². The van der Waals surface area contributed by atoms with Crippen molar-refractivity contribution in [2.45, 2.75) is 6.92 Å². The predicted molar refractivity (Wildman–Crippen MR) is 33.1 cm³/mol. The third-order valence-electron chi connectivity index (χ3n) is 0.556. The molecule has 0 spiro atoms. The normalized spacial score (nSPS) is 5.75. The van der Waals surface area contributed by atoms with Crippen molar-refractivity contribution in [1.29, 1.82) is 0 Å². The molecule has 0 nitrogen and oxygen atoms in total. The topological polar surface area (TPSA) is 0 Å². The Balaban J connectivity index is 0. The molecule has 0 aromatic heterocycles. The Morgan fingerprint density at radius 2 is 1.50 bits per heavy atom. The summed E-state index contributed by atoms with van der Waals surface area (Å²) in [5, 5.41) is 0. The maximum absolute atomic E-state index is 3.25. The summed E-state index contributed by atoms with van der Waals surface area (Å²) in [5.74, 6) is 0. The van der Waals surface area contributed by atoms with E-state index in [0.29, 0.717) is 0 Å². The Morgan fingerprint density at radius 1 is 1.12 bits per heavy atom. The van der Waals surface area contributed by atoms with Gasteiger partial charge in [0.05, 0.1) is 0 Å². The summed E-state index contributed by atoms with van der Waals surface area (Å²) >= 11 is 0. The van der Waals surface area contributed by atoms with Crippen molar-refractivity contribution < 1.29 is 16.5 Å². The van der Waals surface area contributed by atoms with Crippen molar-refractivity contribution in [2.75, 3.05) is 0 Å². The van der Waals surface area contributed by atoms with E-state index in [1.54, 1.807) is 6.92 Å². The van der Waals surface area contributed by atoms with E-state index in [2.05, 4.69) is 6.92 Å². The van der Waals surface area contributed by atoms with Gasteiger partial charge in [-0.2, -0.15) is 25.1 Å². The molecule has 48 valence electrons. The molecule has 0 heterocycles. The summed E-state index contributed by atoms with van der Waals surface area (Å²) in [4.78, 5) is 0. The molecule has 1 heteroatoms. The SMILES string of the molecule is [CH2-]C.[Ni+2].c1cc[cH-]c1. The first-order valence-corrected chi connectivity index (χ1v) is 2.37. The molecule has 0 saturated heterocycles. The second-order valence-electron chi connectivity index (χ2n) is 0.962. The van der Waals surface area contributed by atoms with Gasteiger partial charge in [0.15, 0.2) is 0 Å². The first-order valence-electron chi connectivity index (χ1n) is 2.37. The Kier molecular flexibility index (Phi) is 13.4. The van der Waals surface area contributed by atoms with Crippen LogP contribution in [-0.2, 0) is 16.5 Å². The Morgan fingerprint density at radius 3 is 1.62 bits per heavy atom. The first kappa shape index (κ1) is 10.8. The Bertz CT molecular complexity index is 60.9. The molecule has 1 aromatic rings. The Labute approximate surface area is 61.2 Å². The second kappa shape index (κ2) is 9.96. The van der Waals surface area contributed by atoms with Gasteiger partial charge in [-0.05, 0) is 0 Å². The van der Waals surface area contributed by atoms with Gasteiger partial charge in [0.2, 0.25) is 0 Å². The zero-order valence-electron chi connectivity index (χ0n) is 4.91. The molecule has 1 aromatic carbocycles. The predicted octanol–water partition coefficient (Wildman–Crippen LogP) is 2.24. The third kappa shape index (κ3) is 5.84. The van der Waals surface area contributed by atoms with Gasteiger partial charge in [0.25, 0.3) is 0 Å². The van der Waals surface area contributed by atoms with E-state index in [1.165, 1.54) is 0 Å². The fraction of sp³-hybridized carbons (Fsp3) is 0.143. The standard InChI is InChI=1S/C5H5.C2H5.Ni/c1-2-4-5-3-1;1-2;/h1-5H;1H2,2H3;/q2*-1;+2. The van der Waals surface area contributed by atoms with Crippen LogP contribution in [0.25, 0.3) is 0 Å². The second-order valence-corrected chi connectivity index (χ2v) is 0.962. The summed E-state index contributed by atoms with van der Waals surface area (Å²) in [5.41, 5.74) is 0. The molecule has 0 amide bonds. The third-order valence-corrected chi connectivity index (χ3v) is 0.556. The molecule has 0 bridgehead atoms. The van der Waals surface area contributed by atoms with Crippen LogP contribution in [0.5, 0.6) is 0 Å². The van der Waals surface area contributed by atoms with Gasteiger partial charge in [0.1, 0.15) is 0 Å². The minimum atomic E-state index is 0. The molecular formula is C7H10Ni. The molecule has 1 rings (SSSR count). The molecule has 0 aliphatic carbocycles. The minimum Gasteiger partial charge on any atom is -0.346 e. The van der Waals surface area contributed by atoms with Crippen molar-refractivity contribution in [3.8, 4) is 0 Å². The van der Waals surface area contributed by atoms with Crippen LogP contribution in [0, 0.1) is 6.92 Å². The largest absolute Gasteiger partial charge is 2.00 e. The van der Waals surface area contributed by atoms with Crippen molar-refractivity contribution in [1.82, 2.24) is 0 Å². The van der Waals surface area contributed by atoms with Crippen LogP contribution in [0.1, 0.15) is 6.92 Å². The summed E-state index contributed by atoms with van der Waals surface area (Å²) in [6.45, 7) is 5.00. The molecule has 0 unspecified atom stereocenters. The van der Waals surface area contributed by atoms with Crippen LogP contribution in [-0.4, -0.2) is 0 Å². The Hall–Kier alpha value is -0.156. The smallest absolute Gasteiger partial charge is 0.346 e. The van der Waals surface area contributed by atoms with Crippen molar-refractivity contribution >= 4 is 0 Å². The van der Waals surface area contributed by atoms with E-state index in [1.807, 2.05) is 30.3 Å². The zero-order valence-corrected chi connectivity index (χ0v) is 5.90. The van der Waals surface area contributed by atoms with E-state index in [0.717, 1.165) is 0 Å². The van der Waals surface area contributed by atoms with Gasteiger partial charge in [-0.25, -0.2) is 12.1 Å². The van der Waals surface area contributed by atoms with Crippen LogP contribution >= 0.6 is 0 Å². The van der Waals surface area contributed by atoms with E-state index >= 15 is 0 Å². The van der Waals surface area contributed by atoms with E-state index in [9.17, 15) is 0 Å². The van der Waals surface area contributed by atoms with Gasteiger partial charge in [-0.1, -0.05) is 0 Å². The van der Waals surface area contributed by atoms with Crippen molar-refractivity contribution in [2.24, 2.45) is 0 Å². The molecule has 0 fully saturated rings. The van der Waals surface area contributed by atoms with Crippen molar-refractivity contribution in [3.05, 3.63) is 37.3 Å². The van der Waals surface area contributed by atoms with E-state index < -0.39 is 0 Å². The van der Waals surface area contributed by atoms with E-state index in [-0.39, 0.29) is 16.5 Å². The van der Waals surface area contributed by atoms with E-state index in [4.69, 9.17) is 0 Å². The van der Waals surface area contributed by atoms with Gasteiger partial charge in [-0.15, -0.1) is 0 Å². The van der Waals surface area contributed by atoms with Gasteiger partial charge in [-0.3, -0.25) is 0 Å². The monoisotopic (exact) mass is 152 g/mol. The molecular weight excluding hydrogens is 143 g/mol. The molecule has 0 N–H and O–H groups in total. The first-order chi connectivity index (χ1) is 3.50. The zero-order chi connectivity index (χ0) is 5.54. The summed E-state index contributed by atoms with van der Waals surface area (Å²) < 4.78 is 0. The minimum absolute atomic E-state index is 0. The molecule has 0 saturated carbocycles. The fourth-order valence-corrected chi connectivity index (χ4v) is 0.321. The van der Waals surface area contributed by atoms with Crippen LogP contribution in [0.15, 0.2) is 30.3 Å².